The van der Waals surface area contributed by atoms with E-state index in [4.69, 9.17) is 9.73 Å². The molecule has 7 nitrogen and oxygen atoms in total. The largest absolute Gasteiger partial charge is 0.496 e. The van der Waals surface area contributed by atoms with Gasteiger partial charge in [0.2, 0.25) is 0 Å². The van der Waals surface area contributed by atoms with Crippen LogP contribution in [0.3, 0.4) is 0 Å². The van der Waals surface area contributed by atoms with Gasteiger partial charge in [-0.1, -0.05) is 18.2 Å². The van der Waals surface area contributed by atoms with Crippen molar-refractivity contribution in [3.05, 3.63) is 48.5 Å². The lowest BCUT2D eigenvalue weighted by atomic mass is 10.0. The first-order valence-corrected chi connectivity index (χ1v) is 10.2. The van der Waals surface area contributed by atoms with Crippen LogP contribution in [0.4, 0.5) is 0 Å². The van der Waals surface area contributed by atoms with Crippen molar-refractivity contribution in [2.75, 3.05) is 39.8 Å². The molecule has 0 bridgehead atoms. The molecule has 0 spiro atoms. The zero-order valence-electron chi connectivity index (χ0n) is 17.4. The number of imidazole rings is 1. The summed E-state index contributed by atoms with van der Waals surface area (Å²) in [5.41, 5.74) is 1.21. The minimum Gasteiger partial charge on any atom is -0.496 e. The first kappa shape index (κ1) is 23.5. The lowest BCUT2D eigenvalue weighted by molar-refractivity contribution is 0.245. The fourth-order valence-corrected chi connectivity index (χ4v) is 3.65. The fourth-order valence-electron chi connectivity index (χ4n) is 3.65. The number of aliphatic imine (C=N–C) groups is 1. The molecule has 1 aromatic heterocycles. The van der Waals surface area contributed by atoms with Crippen LogP contribution in [0.5, 0.6) is 5.75 Å². The number of hydrogen-bond donors (Lipinski definition) is 2. The summed E-state index contributed by atoms with van der Waals surface area (Å²) in [5.74, 6) is 1.79. The predicted octanol–water partition coefficient (Wildman–Crippen LogP) is 2.90. The van der Waals surface area contributed by atoms with Gasteiger partial charge in [-0.2, -0.15) is 0 Å². The first-order chi connectivity index (χ1) is 13.8. The van der Waals surface area contributed by atoms with E-state index in [0.29, 0.717) is 6.54 Å². The van der Waals surface area contributed by atoms with Gasteiger partial charge in [0.15, 0.2) is 5.96 Å². The van der Waals surface area contributed by atoms with Gasteiger partial charge in [-0.25, -0.2) is 4.98 Å². The van der Waals surface area contributed by atoms with Crippen LogP contribution >= 0.6 is 24.0 Å². The Kier molecular flexibility index (Phi) is 10.3. The fraction of sp³-hybridized carbons (Fsp3) is 0.524. The van der Waals surface area contributed by atoms with Crippen LogP contribution < -0.4 is 15.4 Å². The normalized spacial score (nSPS) is 15.6. The van der Waals surface area contributed by atoms with Gasteiger partial charge in [-0.05, 0) is 38.9 Å². The van der Waals surface area contributed by atoms with Gasteiger partial charge >= 0.3 is 0 Å². The Balaban J connectivity index is 0.00000300. The molecule has 0 amide bonds. The molecule has 1 aliphatic rings. The molecule has 2 N–H and O–H groups in total. The van der Waals surface area contributed by atoms with E-state index in [9.17, 15) is 0 Å². The van der Waals surface area contributed by atoms with Gasteiger partial charge < -0.3 is 19.9 Å². The molecule has 1 unspecified atom stereocenters. The lowest BCUT2D eigenvalue weighted by Gasteiger charge is -2.28. The maximum Gasteiger partial charge on any atom is 0.191 e. The number of nitrogens with one attached hydrogen (secondary N) is 2. The average molecular weight is 512 g/mol. The van der Waals surface area contributed by atoms with Crippen LogP contribution in [0.25, 0.3) is 0 Å². The summed E-state index contributed by atoms with van der Waals surface area (Å²) in [6, 6.07) is 8.53. The zero-order chi connectivity index (χ0) is 19.6. The number of likely N-dealkylation sites (tertiary alicyclic amines) is 1. The van der Waals surface area contributed by atoms with Crippen LogP contribution in [0.15, 0.2) is 48.0 Å². The SMILES string of the molecule is CCNC(=NCC(c1ccccc1OC)N1CCCC1)NCCn1ccnc1.I. The molecule has 1 aliphatic heterocycles. The standard InChI is InChI=1S/C21H32N6O.HI/c1-3-23-21(24-11-15-26-14-10-22-17-26)25-16-19(27-12-6-7-13-27)18-8-4-5-9-20(18)28-2;/h4-5,8-10,14,17,19H,3,6-7,11-13,15-16H2,1-2H3,(H2,23,24,25);1H. The van der Waals surface area contributed by atoms with E-state index < -0.39 is 0 Å². The average Bonchev–Trinajstić information content (AvgIpc) is 3.43. The van der Waals surface area contributed by atoms with Gasteiger partial charge in [0.05, 0.1) is 26.0 Å². The van der Waals surface area contributed by atoms with Gasteiger partial charge in [0.1, 0.15) is 5.75 Å². The van der Waals surface area contributed by atoms with E-state index >= 15 is 0 Å². The Morgan fingerprint density at radius 3 is 2.72 bits per heavy atom. The molecule has 0 aliphatic carbocycles. The Bertz CT molecular complexity index is 731. The van der Waals surface area contributed by atoms with E-state index in [-0.39, 0.29) is 30.0 Å². The summed E-state index contributed by atoms with van der Waals surface area (Å²) in [6.45, 7) is 7.50. The monoisotopic (exact) mass is 512 g/mol. The van der Waals surface area contributed by atoms with Gasteiger partial charge in [-0.15, -0.1) is 24.0 Å². The third-order valence-electron chi connectivity index (χ3n) is 5.07. The number of aromatic nitrogens is 2. The predicted molar refractivity (Wildman–Crippen MR) is 128 cm³/mol. The summed E-state index contributed by atoms with van der Waals surface area (Å²) < 4.78 is 7.69. The summed E-state index contributed by atoms with van der Waals surface area (Å²) >= 11 is 0. The highest BCUT2D eigenvalue weighted by molar-refractivity contribution is 14.0. The number of hydrogen-bond acceptors (Lipinski definition) is 4. The van der Waals surface area contributed by atoms with Crippen molar-refractivity contribution in [1.29, 1.82) is 0 Å². The summed E-state index contributed by atoms with van der Waals surface area (Å²) in [5, 5.41) is 6.78. The highest BCUT2D eigenvalue weighted by Gasteiger charge is 2.25. The van der Waals surface area contributed by atoms with Crippen LogP contribution in [0, 0.1) is 0 Å². The van der Waals surface area contributed by atoms with Crippen molar-refractivity contribution in [3.8, 4) is 5.75 Å². The highest BCUT2D eigenvalue weighted by atomic mass is 127. The molecule has 0 saturated carbocycles. The topological polar surface area (TPSA) is 66.7 Å². The van der Waals surface area contributed by atoms with Crippen LogP contribution in [-0.4, -0.2) is 60.2 Å². The molecule has 1 saturated heterocycles. The Hall–Kier alpha value is -1.81. The molecule has 160 valence electrons. The first-order valence-electron chi connectivity index (χ1n) is 10.2. The molecule has 0 radical (unpaired) electrons. The number of nitrogens with zero attached hydrogens (tertiary/aromatic N) is 4. The second-order valence-corrected chi connectivity index (χ2v) is 6.95. The van der Waals surface area contributed by atoms with Crippen LogP contribution in [0.1, 0.15) is 31.4 Å². The minimum atomic E-state index is 0. The number of methoxy groups -OCH3 is 1. The summed E-state index contributed by atoms with van der Waals surface area (Å²) in [6.07, 6.45) is 8.10. The van der Waals surface area contributed by atoms with Crippen molar-refractivity contribution in [1.82, 2.24) is 25.1 Å². The van der Waals surface area contributed by atoms with Crippen molar-refractivity contribution in [2.45, 2.75) is 32.4 Å². The van der Waals surface area contributed by atoms with E-state index in [0.717, 1.165) is 44.4 Å². The Labute approximate surface area is 191 Å². The number of rotatable bonds is 9. The van der Waals surface area contributed by atoms with Crippen LogP contribution in [0.2, 0.25) is 0 Å². The molecule has 29 heavy (non-hydrogen) atoms. The molecule has 2 heterocycles. The molecule has 8 heteroatoms. The van der Waals surface area contributed by atoms with Crippen molar-refractivity contribution in [2.24, 2.45) is 4.99 Å². The second kappa shape index (κ2) is 12.7. The number of para-hydroxylation sites is 1. The maximum atomic E-state index is 5.63. The van der Waals surface area contributed by atoms with Gasteiger partial charge in [0, 0.05) is 37.6 Å². The Morgan fingerprint density at radius 2 is 2.03 bits per heavy atom. The van der Waals surface area contributed by atoms with E-state index in [1.807, 2.05) is 24.7 Å². The smallest absolute Gasteiger partial charge is 0.191 e. The van der Waals surface area contributed by atoms with Crippen LogP contribution in [-0.2, 0) is 6.54 Å². The quantitative estimate of drug-likeness (QED) is 0.308. The van der Waals surface area contributed by atoms with E-state index in [1.165, 1.54) is 18.4 Å². The van der Waals surface area contributed by atoms with Gasteiger partial charge in [0.25, 0.3) is 0 Å². The maximum absolute atomic E-state index is 5.63. The Morgan fingerprint density at radius 1 is 1.24 bits per heavy atom. The van der Waals surface area contributed by atoms with E-state index in [2.05, 4.69) is 44.1 Å². The molecular weight excluding hydrogens is 479 g/mol. The number of guanidine groups is 1. The zero-order valence-corrected chi connectivity index (χ0v) is 19.7. The van der Waals surface area contributed by atoms with Crippen molar-refractivity contribution >= 4 is 29.9 Å². The molecule has 1 aromatic carbocycles. The number of halogens is 1. The third kappa shape index (κ3) is 6.88. The lowest BCUT2D eigenvalue weighted by Crippen LogP contribution is -2.39. The minimum absolute atomic E-state index is 0. The molecule has 3 rings (SSSR count). The van der Waals surface area contributed by atoms with Crippen molar-refractivity contribution < 1.29 is 4.74 Å². The van der Waals surface area contributed by atoms with E-state index in [1.54, 1.807) is 13.3 Å². The van der Waals surface area contributed by atoms with Crippen molar-refractivity contribution in [3.63, 3.8) is 0 Å². The molecule has 1 fully saturated rings. The summed E-state index contributed by atoms with van der Waals surface area (Å²) in [4.78, 5) is 11.5. The number of ether oxygens (including phenoxy) is 1. The molecule has 2 aromatic rings. The highest BCUT2D eigenvalue weighted by Crippen LogP contribution is 2.31. The molecule has 1 atom stereocenters. The second-order valence-electron chi connectivity index (χ2n) is 6.95. The molecular formula is C21H33IN6O. The number of benzene rings is 1. The third-order valence-corrected chi connectivity index (χ3v) is 5.07. The van der Waals surface area contributed by atoms with Gasteiger partial charge in [-0.3, -0.25) is 9.89 Å². The summed E-state index contributed by atoms with van der Waals surface area (Å²) in [7, 11) is 1.74.